The Hall–Kier alpha value is -3.43. The van der Waals surface area contributed by atoms with Crippen molar-refractivity contribution >= 4 is 29.8 Å². The summed E-state index contributed by atoms with van der Waals surface area (Å²) in [5.41, 5.74) is 1.85. The fourth-order valence-corrected chi connectivity index (χ4v) is 5.35. The highest BCUT2D eigenvalue weighted by molar-refractivity contribution is 6.11. The fraction of sp³-hybridized carbons (Fsp3) is 0.500. The van der Waals surface area contributed by atoms with Gasteiger partial charge in [0.15, 0.2) is 0 Å². The third-order valence-corrected chi connectivity index (χ3v) is 7.25. The Kier molecular flexibility index (Phi) is 4.51. The molecule has 168 valence electrons. The zero-order valence-corrected chi connectivity index (χ0v) is 17.8. The van der Waals surface area contributed by atoms with E-state index in [1.54, 1.807) is 6.07 Å². The molecule has 32 heavy (non-hydrogen) atoms. The maximum atomic E-state index is 13.2. The van der Waals surface area contributed by atoms with Gasteiger partial charge in [0, 0.05) is 0 Å². The van der Waals surface area contributed by atoms with E-state index in [9.17, 15) is 24.0 Å². The lowest BCUT2D eigenvalue weighted by Crippen LogP contribution is -2.53. The molecule has 3 N–H and O–H groups in total. The summed E-state index contributed by atoms with van der Waals surface area (Å²) in [6.45, 7) is 1.51. The van der Waals surface area contributed by atoms with Crippen LogP contribution in [0.3, 0.4) is 0 Å². The maximum absolute atomic E-state index is 13.2. The number of nitrogens with one attached hydrogen (secondary N) is 3. The number of urea groups is 2. The molecule has 2 heterocycles. The van der Waals surface area contributed by atoms with Crippen molar-refractivity contribution in [2.75, 3.05) is 6.54 Å². The summed E-state index contributed by atoms with van der Waals surface area (Å²) in [4.78, 5) is 64.6. The number of carbonyl (C=O) groups excluding carboxylic acids is 5. The molecule has 2 aliphatic carbocycles. The molecule has 1 unspecified atom stereocenters. The van der Waals surface area contributed by atoms with Crippen LogP contribution in [0.4, 0.5) is 9.59 Å². The number of amides is 7. The largest absolute Gasteiger partial charge is 0.344 e. The number of nitrogens with zero attached hydrogens (tertiary/aromatic N) is 2. The van der Waals surface area contributed by atoms with Gasteiger partial charge < -0.3 is 10.6 Å². The zero-order valence-electron chi connectivity index (χ0n) is 17.8. The topological polar surface area (TPSA) is 128 Å². The molecule has 2 spiro atoms. The van der Waals surface area contributed by atoms with Crippen LogP contribution in [0.2, 0.25) is 0 Å². The Morgan fingerprint density at radius 3 is 2.50 bits per heavy atom. The number of hydrogen-bond donors (Lipinski definition) is 3. The summed E-state index contributed by atoms with van der Waals surface area (Å²) in [7, 11) is 0. The number of benzene rings is 1. The van der Waals surface area contributed by atoms with Gasteiger partial charge in [-0.3, -0.25) is 24.7 Å². The molecular formula is C22H25N5O5. The average Bonchev–Trinajstić information content (AvgIpc) is 3.34. The maximum Gasteiger partial charge on any atom is 0.344 e. The Morgan fingerprint density at radius 1 is 1.03 bits per heavy atom. The van der Waals surface area contributed by atoms with Crippen molar-refractivity contribution in [3.63, 3.8) is 0 Å². The van der Waals surface area contributed by atoms with Crippen LogP contribution in [0, 0.1) is 5.92 Å². The van der Waals surface area contributed by atoms with Crippen LogP contribution >= 0.6 is 0 Å². The van der Waals surface area contributed by atoms with Gasteiger partial charge >= 0.3 is 12.1 Å². The molecule has 1 saturated carbocycles. The van der Waals surface area contributed by atoms with E-state index < -0.39 is 47.4 Å². The van der Waals surface area contributed by atoms with E-state index in [-0.39, 0.29) is 0 Å². The summed E-state index contributed by atoms with van der Waals surface area (Å²) in [5.74, 6) is -1.32. The van der Waals surface area contributed by atoms with Crippen molar-refractivity contribution in [3.8, 4) is 0 Å². The van der Waals surface area contributed by atoms with Gasteiger partial charge in [-0.25, -0.2) is 9.59 Å². The minimum atomic E-state index is -1.17. The number of hydrogen-bond acceptors (Lipinski definition) is 5. The number of carbonyl (C=O) groups is 5. The first-order valence-corrected chi connectivity index (χ1v) is 10.9. The molecule has 1 aromatic rings. The van der Waals surface area contributed by atoms with Gasteiger partial charge in [0.1, 0.15) is 17.6 Å². The van der Waals surface area contributed by atoms with Crippen molar-refractivity contribution in [2.24, 2.45) is 5.92 Å². The quantitative estimate of drug-likeness (QED) is 0.603. The number of fused-ring (bicyclic) bond motifs is 2. The number of hydrazine groups is 1. The van der Waals surface area contributed by atoms with Crippen LogP contribution in [-0.2, 0) is 26.3 Å². The highest BCUT2D eigenvalue weighted by Gasteiger charge is 2.56. The summed E-state index contributed by atoms with van der Waals surface area (Å²) < 4.78 is 0. The molecule has 7 amide bonds. The summed E-state index contributed by atoms with van der Waals surface area (Å²) >= 11 is 0. The smallest absolute Gasteiger partial charge is 0.322 e. The summed E-state index contributed by atoms with van der Waals surface area (Å²) in [6.07, 6.45) is 3.70. The molecule has 3 fully saturated rings. The molecule has 2 saturated heterocycles. The first-order valence-electron chi connectivity index (χ1n) is 10.9. The van der Waals surface area contributed by atoms with E-state index in [0.717, 1.165) is 28.9 Å². The Balaban J connectivity index is 1.28. The van der Waals surface area contributed by atoms with E-state index >= 15 is 0 Å². The monoisotopic (exact) mass is 439 g/mol. The van der Waals surface area contributed by atoms with Crippen molar-refractivity contribution in [1.29, 1.82) is 0 Å². The number of imide groups is 2. The molecule has 0 radical (unpaired) electrons. The van der Waals surface area contributed by atoms with Crippen molar-refractivity contribution in [2.45, 2.75) is 56.5 Å². The van der Waals surface area contributed by atoms with Crippen molar-refractivity contribution in [3.05, 3.63) is 35.4 Å². The predicted molar refractivity (Wildman–Crippen MR) is 111 cm³/mol. The highest BCUT2D eigenvalue weighted by Crippen LogP contribution is 2.41. The molecule has 4 aliphatic rings. The molecule has 10 nitrogen and oxygen atoms in total. The Morgan fingerprint density at radius 2 is 1.75 bits per heavy atom. The van der Waals surface area contributed by atoms with Crippen LogP contribution in [0.1, 0.15) is 50.2 Å². The summed E-state index contributed by atoms with van der Waals surface area (Å²) in [6, 6.07) is 6.04. The molecule has 2 aliphatic heterocycles. The molecular weight excluding hydrogens is 414 g/mol. The predicted octanol–water partition coefficient (Wildman–Crippen LogP) is 0.912. The normalized spacial score (nSPS) is 31.3. The van der Waals surface area contributed by atoms with Crippen LogP contribution in [-0.4, -0.2) is 51.8 Å². The SMILES string of the molecule is CC1CCC2(CC1)NC(=O)N(NC(=O)CN1C(=O)NC3(CCc4ccccc43)C1=O)C2=O. The minimum Gasteiger partial charge on any atom is -0.322 e. The van der Waals surface area contributed by atoms with Crippen molar-refractivity contribution in [1.82, 2.24) is 26.0 Å². The van der Waals surface area contributed by atoms with Crippen LogP contribution in [0.5, 0.6) is 0 Å². The third kappa shape index (κ3) is 2.89. The van der Waals surface area contributed by atoms with E-state index in [1.807, 2.05) is 18.2 Å². The Labute approximate surface area is 184 Å². The van der Waals surface area contributed by atoms with Gasteiger partial charge in [0.25, 0.3) is 17.7 Å². The van der Waals surface area contributed by atoms with Crippen LogP contribution < -0.4 is 16.1 Å². The zero-order chi connectivity index (χ0) is 22.7. The summed E-state index contributed by atoms with van der Waals surface area (Å²) in [5, 5.41) is 6.15. The molecule has 5 rings (SSSR count). The lowest BCUT2D eigenvalue weighted by Gasteiger charge is -2.33. The van der Waals surface area contributed by atoms with Gasteiger partial charge in [0.2, 0.25) is 0 Å². The molecule has 1 atom stereocenters. The Bertz CT molecular complexity index is 1050. The van der Waals surface area contributed by atoms with E-state index in [0.29, 0.717) is 36.6 Å². The molecule has 0 bridgehead atoms. The first-order chi connectivity index (χ1) is 15.3. The molecule has 10 heteroatoms. The van der Waals surface area contributed by atoms with Crippen LogP contribution in [0.25, 0.3) is 0 Å². The van der Waals surface area contributed by atoms with Gasteiger partial charge in [-0.15, -0.1) is 0 Å². The number of rotatable bonds is 3. The standard InChI is InChI=1S/C22H25N5O5/c1-13-6-9-21(10-7-13)17(29)27(20(32)23-21)25-16(28)12-26-18(30)22(24-19(26)31)11-8-14-4-2-3-5-15(14)22/h2-5,13H,6-12H2,1H3,(H,23,32)(H,24,31)(H,25,28). The minimum absolute atomic E-state index is 0.420. The van der Waals surface area contributed by atoms with Gasteiger partial charge in [-0.05, 0) is 55.6 Å². The average molecular weight is 439 g/mol. The lowest BCUT2D eigenvalue weighted by molar-refractivity contribution is -0.141. The second-order valence-corrected chi connectivity index (χ2v) is 9.25. The van der Waals surface area contributed by atoms with Crippen molar-refractivity contribution < 1.29 is 24.0 Å². The van der Waals surface area contributed by atoms with Gasteiger partial charge in [-0.1, -0.05) is 31.2 Å². The highest BCUT2D eigenvalue weighted by atomic mass is 16.2. The second-order valence-electron chi connectivity index (χ2n) is 9.25. The van der Waals surface area contributed by atoms with Crippen LogP contribution in [0.15, 0.2) is 24.3 Å². The third-order valence-electron chi connectivity index (χ3n) is 7.25. The lowest BCUT2D eigenvalue weighted by atomic mass is 9.77. The molecule has 1 aromatic carbocycles. The molecule has 0 aromatic heterocycles. The van der Waals surface area contributed by atoms with E-state index in [4.69, 9.17) is 0 Å². The van der Waals surface area contributed by atoms with E-state index in [2.05, 4.69) is 23.0 Å². The van der Waals surface area contributed by atoms with E-state index in [1.165, 1.54) is 0 Å². The fourth-order valence-electron chi connectivity index (χ4n) is 5.35. The number of aryl methyl sites for hydroxylation is 1. The van der Waals surface area contributed by atoms with Gasteiger partial charge in [0.05, 0.1) is 0 Å². The second kappa shape index (κ2) is 7.04. The first kappa shape index (κ1) is 20.5. The van der Waals surface area contributed by atoms with Gasteiger partial charge in [-0.2, -0.15) is 5.01 Å².